The molecule has 1 amide bonds. The number of hydrogen-bond acceptors (Lipinski definition) is 5. The Hall–Kier alpha value is -2.26. The highest BCUT2D eigenvalue weighted by molar-refractivity contribution is 9.10. The first-order valence-electron chi connectivity index (χ1n) is 8.07. The third kappa shape index (κ3) is 6.44. The van der Waals surface area contributed by atoms with Crippen LogP contribution in [0.15, 0.2) is 53.0 Å². The van der Waals surface area contributed by atoms with Crippen LogP contribution >= 0.6 is 15.9 Å². The summed E-state index contributed by atoms with van der Waals surface area (Å²) in [5.74, 6) is 0.746. The topological polar surface area (TPSA) is 84.9 Å². The fourth-order valence-electron chi connectivity index (χ4n) is 2.28. The van der Waals surface area contributed by atoms with Crippen molar-refractivity contribution in [2.24, 2.45) is 0 Å². The van der Waals surface area contributed by atoms with Gasteiger partial charge in [0.05, 0.1) is 25.6 Å². The SMILES string of the molecule is COc1ccccc1OCCNC(=O)CN(c1ccc(Br)cc1)S(C)(=O)=O. The normalized spacial score (nSPS) is 10.9. The highest BCUT2D eigenvalue weighted by Gasteiger charge is 2.20. The Bertz CT molecular complexity index is 872. The molecule has 0 saturated heterocycles. The van der Waals surface area contributed by atoms with E-state index in [4.69, 9.17) is 9.47 Å². The van der Waals surface area contributed by atoms with Crippen LogP contribution in [0, 0.1) is 0 Å². The third-order valence-corrected chi connectivity index (χ3v) is 5.22. The predicted octanol–water partition coefficient (Wildman–Crippen LogP) is 2.42. The van der Waals surface area contributed by atoms with Gasteiger partial charge in [-0.3, -0.25) is 9.10 Å². The fraction of sp³-hybridized carbons (Fsp3) is 0.278. The lowest BCUT2D eigenvalue weighted by atomic mass is 10.3. The Labute approximate surface area is 167 Å². The van der Waals surface area contributed by atoms with Gasteiger partial charge in [-0.05, 0) is 36.4 Å². The summed E-state index contributed by atoms with van der Waals surface area (Å²) < 4.78 is 36.7. The average molecular weight is 457 g/mol. The van der Waals surface area contributed by atoms with E-state index in [9.17, 15) is 13.2 Å². The first kappa shape index (κ1) is 21.0. The summed E-state index contributed by atoms with van der Waals surface area (Å²) in [6.07, 6.45) is 1.06. The van der Waals surface area contributed by atoms with Gasteiger partial charge in [0.15, 0.2) is 11.5 Å². The summed E-state index contributed by atoms with van der Waals surface area (Å²) in [5.41, 5.74) is 0.418. The standard InChI is InChI=1S/C18H21BrN2O5S/c1-25-16-5-3-4-6-17(16)26-12-11-20-18(22)13-21(27(2,23)24)15-9-7-14(19)8-10-15/h3-10H,11-13H2,1-2H3,(H,20,22). The molecule has 9 heteroatoms. The molecule has 0 aromatic heterocycles. The number of hydrogen-bond donors (Lipinski definition) is 1. The molecule has 0 aliphatic heterocycles. The molecule has 0 saturated carbocycles. The number of anilines is 1. The second-order valence-electron chi connectivity index (χ2n) is 5.60. The van der Waals surface area contributed by atoms with Crippen molar-refractivity contribution in [3.63, 3.8) is 0 Å². The second kappa shape index (κ2) is 9.61. The zero-order valence-corrected chi connectivity index (χ0v) is 17.4. The van der Waals surface area contributed by atoms with Crippen LogP contribution in [0.25, 0.3) is 0 Å². The molecular weight excluding hydrogens is 436 g/mol. The molecule has 0 fully saturated rings. The number of carbonyl (C=O) groups is 1. The number of nitrogens with one attached hydrogen (secondary N) is 1. The third-order valence-electron chi connectivity index (χ3n) is 3.55. The van der Waals surface area contributed by atoms with Gasteiger partial charge in [-0.15, -0.1) is 0 Å². The summed E-state index contributed by atoms with van der Waals surface area (Å²) in [7, 11) is -2.05. The lowest BCUT2D eigenvalue weighted by molar-refractivity contribution is -0.119. The number of ether oxygens (including phenoxy) is 2. The molecule has 2 aromatic rings. The molecule has 1 N–H and O–H groups in total. The minimum atomic E-state index is -3.60. The summed E-state index contributed by atoms with van der Waals surface area (Å²) in [5, 5.41) is 2.65. The van der Waals surface area contributed by atoms with Crippen LogP contribution in [-0.2, 0) is 14.8 Å². The van der Waals surface area contributed by atoms with Gasteiger partial charge in [0, 0.05) is 4.47 Å². The fourth-order valence-corrected chi connectivity index (χ4v) is 3.40. The molecule has 0 aliphatic carbocycles. The van der Waals surface area contributed by atoms with Crippen molar-refractivity contribution in [1.82, 2.24) is 5.32 Å². The summed E-state index contributed by atoms with van der Waals surface area (Å²) in [6.45, 7) is 0.146. The van der Waals surface area contributed by atoms with E-state index in [1.54, 1.807) is 43.5 Å². The second-order valence-corrected chi connectivity index (χ2v) is 8.42. The molecule has 0 spiro atoms. The van der Waals surface area contributed by atoms with Crippen molar-refractivity contribution in [3.8, 4) is 11.5 Å². The van der Waals surface area contributed by atoms with Crippen molar-refractivity contribution in [2.75, 3.05) is 37.4 Å². The maximum Gasteiger partial charge on any atom is 0.240 e. The number of para-hydroxylation sites is 2. The van der Waals surface area contributed by atoms with Crippen molar-refractivity contribution < 1.29 is 22.7 Å². The minimum absolute atomic E-state index is 0.225. The molecule has 0 unspecified atom stereocenters. The number of carbonyl (C=O) groups excluding carboxylic acids is 1. The van der Waals surface area contributed by atoms with E-state index in [-0.39, 0.29) is 19.7 Å². The Kier molecular flexibility index (Phi) is 7.49. The van der Waals surface area contributed by atoms with E-state index in [0.29, 0.717) is 17.2 Å². The number of nitrogens with zero attached hydrogens (tertiary/aromatic N) is 1. The highest BCUT2D eigenvalue weighted by Crippen LogP contribution is 2.25. The smallest absolute Gasteiger partial charge is 0.240 e. The monoisotopic (exact) mass is 456 g/mol. The number of rotatable bonds is 9. The van der Waals surface area contributed by atoms with Crippen LogP contribution in [-0.4, -0.2) is 47.4 Å². The number of amides is 1. The highest BCUT2D eigenvalue weighted by atomic mass is 79.9. The lowest BCUT2D eigenvalue weighted by Gasteiger charge is -2.22. The lowest BCUT2D eigenvalue weighted by Crippen LogP contribution is -2.41. The number of benzene rings is 2. The molecule has 7 nitrogen and oxygen atoms in total. The van der Waals surface area contributed by atoms with Gasteiger partial charge in [0.1, 0.15) is 13.2 Å². The van der Waals surface area contributed by atoms with E-state index in [0.717, 1.165) is 15.0 Å². The van der Waals surface area contributed by atoms with Crippen molar-refractivity contribution in [2.45, 2.75) is 0 Å². The largest absolute Gasteiger partial charge is 0.493 e. The van der Waals surface area contributed by atoms with Gasteiger partial charge < -0.3 is 14.8 Å². The summed E-state index contributed by atoms with van der Waals surface area (Å²) in [4.78, 5) is 12.2. The van der Waals surface area contributed by atoms with Gasteiger partial charge in [0.2, 0.25) is 15.9 Å². The Balaban J connectivity index is 1.90. The number of sulfonamides is 1. The van der Waals surface area contributed by atoms with Crippen LogP contribution in [0.4, 0.5) is 5.69 Å². The van der Waals surface area contributed by atoms with Crippen LogP contribution in [0.5, 0.6) is 11.5 Å². The van der Waals surface area contributed by atoms with Gasteiger partial charge in [0.25, 0.3) is 0 Å². The van der Waals surface area contributed by atoms with Crippen LogP contribution in [0.2, 0.25) is 0 Å². The zero-order chi connectivity index (χ0) is 19.9. The Morgan fingerprint density at radius 1 is 1.11 bits per heavy atom. The minimum Gasteiger partial charge on any atom is -0.493 e. The molecule has 2 aromatic carbocycles. The Morgan fingerprint density at radius 3 is 2.33 bits per heavy atom. The van der Waals surface area contributed by atoms with Gasteiger partial charge in [-0.1, -0.05) is 28.1 Å². The quantitative estimate of drug-likeness (QED) is 0.585. The van der Waals surface area contributed by atoms with E-state index < -0.39 is 15.9 Å². The van der Waals surface area contributed by atoms with E-state index in [1.807, 2.05) is 12.1 Å². The molecular formula is C18H21BrN2O5S. The van der Waals surface area contributed by atoms with E-state index >= 15 is 0 Å². The molecule has 27 heavy (non-hydrogen) atoms. The van der Waals surface area contributed by atoms with Crippen molar-refractivity contribution in [3.05, 3.63) is 53.0 Å². The summed E-state index contributed by atoms with van der Waals surface area (Å²) >= 11 is 3.30. The van der Waals surface area contributed by atoms with E-state index in [1.165, 1.54) is 0 Å². The van der Waals surface area contributed by atoms with Gasteiger partial charge in [-0.2, -0.15) is 0 Å². The molecule has 2 rings (SSSR count). The van der Waals surface area contributed by atoms with Gasteiger partial charge in [-0.25, -0.2) is 8.42 Å². The number of methoxy groups -OCH3 is 1. The predicted molar refractivity (Wildman–Crippen MR) is 108 cm³/mol. The molecule has 0 atom stereocenters. The number of halogens is 1. The van der Waals surface area contributed by atoms with Crippen LogP contribution in [0.3, 0.4) is 0 Å². The van der Waals surface area contributed by atoms with Crippen LogP contribution in [0.1, 0.15) is 0 Å². The first-order chi connectivity index (χ1) is 12.8. The molecule has 0 aliphatic rings. The van der Waals surface area contributed by atoms with Crippen molar-refractivity contribution in [1.29, 1.82) is 0 Å². The summed E-state index contributed by atoms with van der Waals surface area (Å²) in [6, 6.07) is 13.9. The van der Waals surface area contributed by atoms with E-state index in [2.05, 4.69) is 21.2 Å². The maximum atomic E-state index is 12.2. The van der Waals surface area contributed by atoms with Gasteiger partial charge >= 0.3 is 0 Å². The average Bonchev–Trinajstić information content (AvgIpc) is 2.63. The molecule has 146 valence electrons. The van der Waals surface area contributed by atoms with Crippen LogP contribution < -0.4 is 19.1 Å². The molecule has 0 heterocycles. The zero-order valence-electron chi connectivity index (χ0n) is 15.0. The molecule has 0 radical (unpaired) electrons. The molecule has 0 bridgehead atoms. The first-order valence-corrected chi connectivity index (χ1v) is 10.7. The van der Waals surface area contributed by atoms with Crippen molar-refractivity contribution >= 4 is 37.5 Å². The Morgan fingerprint density at radius 2 is 1.74 bits per heavy atom. The maximum absolute atomic E-state index is 12.2.